The molecule has 0 spiro atoms. The van der Waals surface area contributed by atoms with E-state index in [0.29, 0.717) is 16.9 Å². The van der Waals surface area contributed by atoms with Crippen molar-refractivity contribution in [3.8, 4) is 5.75 Å². The minimum Gasteiger partial charge on any atom is -0.492 e. The topological polar surface area (TPSA) is 41.5 Å². The first kappa shape index (κ1) is 17.3. The lowest BCUT2D eigenvalue weighted by Crippen LogP contribution is -2.47. The van der Waals surface area contributed by atoms with E-state index in [2.05, 4.69) is 33.0 Å². The second kappa shape index (κ2) is 8.01. The van der Waals surface area contributed by atoms with Crippen molar-refractivity contribution in [3.05, 3.63) is 46.2 Å². The Kier molecular flexibility index (Phi) is 5.76. The van der Waals surface area contributed by atoms with Gasteiger partial charge in [0.05, 0.1) is 5.69 Å². The number of nitrogens with zero attached hydrogens (tertiary/aromatic N) is 4. The highest BCUT2D eigenvalue weighted by atomic mass is 35.5. The van der Waals surface area contributed by atoms with Crippen LogP contribution in [-0.2, 0) is 0 Å². The van der Waals surface area contributed by atoms with Gasteiger partial charge in [0.25, 0.3) is 0 Å². The highest BCUT2D eigenvalue weighted by Gasteiger charge is 2.20. The average molecular weight is 367 g/mol. The van der Waals surface area contributed by atoms with Gasteiger partial charge in [-0.1, -0.05) is 41.4 Å². The quantitative estimate of drug-likeness (QED) is 0.811. The molecule has 0 aliphatic carbocycles. The fourth-order valence-corrected chi connectivity index (χ4v) is 3.13. The number of benzene rings is 1. The molecule has 0 saturated carbocycles. The van der Waals surface area contributed by atoms with Crippen LogP contribution in [0.1, 0.15) is 5.56 Å². The van der Waals surface area contributed by atoms with E-state index in [-0.39, 0.29) is 0 Å². The van der Waals surface area contributed by atoms with Gasteiger partial charge in [0.15, 0.2) is 10.3 Å². The Morgan fingerprint density at radius 1 is 1.08 bits per heavy atom. The number of aromatic nitrogens is 2. The van der Waals surface area contributed by atoms with Crippen LogP contribution in [0.3, 0.4) is 0 Å². The van der Waals surface area contributed by atoms with Crippen LogP contribution in [0.4, 0.5) is 5.69 Å². The number of anilines is 1. The summed E-state index contributed by atoms with van der Waals surface area (Å²) in [6.45, 7) is 7.32. The zero-order valence-electron chi connectivity index (χ0n) is 13.6. The van der Waals surface area contributed by atoms with Crippen molar-refractivity contribution in [2.24, 2.45) is 0 Å². The molecule has 1 fully saturated rings. The van der Waals surface area contributed by atoms with Crippen molar-refractivity contribution in [2.45, 2.75) is 6.92 Å². The van der Waals surface area contributed by atoms with Gasteiger partial charge in [-0.3, -0.25) is 4.90 Å². The molecule has 0 atom stereocenters. The zero-order chi connectivity index (χ0) is 16.9. The lowest BCUT2D eigenvalue weighted by atomic mass is 10.2. The van der Waals surface area contributed by atoms with Crippen molar-refractivity contribution >= 4 is 28.9 Å². The lowest BCUT2D eigenvalue weighted by Gasteiger charge is -2.36. The van der Waals surface area contributed by atoms with Gasteiger partial charge in [0, 0.05) is 38.8 Å². The fourth-order valence-electron chi connectivity index (χ4n) is 2.78. The number of hydrogen-bond acceptors (Lipinski definition) is 5. The first-order chi connectivity index (χ1) is 11.6. The van der Waals surface area contributed by atoms with Gasteiger partial charge in [-0.05, 0) is 18.6 Å². The number of para-hydroxylation sites is 1. The van der Waals surface area contributed by atoms with Gasteiger partial charge in [-0.15, -0.1) is 10.2 Å². The van der Waals surface area contributed by atoms with E-state index in [9.17, 15) is 0 Å². The summed E-state index contributed by atoms with van der Waals surface area (Å²) in [4.78, 5) is 4.58. The maximum absolute atomic E-state index is 6.12. The summed E-state index contributed by atoms with van der Waals surface area (Å²) in [6.07, 6.45) is 0. The smallest absolute Gasteiger partial charge is 0.175 e. The molecule has 1 aliphatic heterocycles. The summed E-state index contributed by atoms with van der Waals surface area (Å²) in [5.74, 6) is 0.959. The Morgan fingerprint density at radius 3 is 2.58 bits per heavy atom. The molecule has 0 amide bonds. The van der Waals surface area contributed by atoms with E-state index in [0.717, 1.165) is 44.2 Å². The third kappa shape index (κ3) is 4.29. The molecule has 3 rings (SSSR count). The second-order valence-corrected chi connectivity index (χ2v) is 6.53. The zero-order valence-corrected chi connectivity index (χ0v) is 15.1. The standard InChI is InChI=1S/C17H20Cl2N4O/c1-13-4-2-3-5-15(13)24-11-10-22-6-8-23(9-7-22)14-12-16(18)20-21-17(14)19/h2-5,12H,6-11H2,1H3. The SMILES string of the molecule is Cc1ccccc1OCCN1CCN(c2cc(Cl)nnc2Cl)CC1. The Balaban J connectivity index is 1.47. The number of piperazine rings is 1. The summed E-state index contributed by atoms with van der Waals surface area (Å²) in [5.41, 5.74) is 2.02. The molecule has 1 aliphatic rings. The maximum Gasteiger partial charge on any atom is 0.175 e. The molecule has 1 saturated heterocycles. The number of rotatable bonds is 5. The van der Waals surface area contributed by atoms with E-state index in [1.54, 1.807) is 6.07 Å². The van der Waals surface area contributed by atoms with E-state index in [1.807, 2.05) is 18.2 Å². The second-order valence-electron chi connectivity index (χ2n) is 5.79. The summed E-state index contributed by atoms with van der Waals surface area (Å²) in [7, 11) is 0. The molecule has 1 aromatic heterocycles. The molecule has 0 N–H and O–H groups in total. The van der Waals surface area contributed by atoms with E-state index < -0.39 is 0 Å². The fraction of sp³-hybridized carbons (Fsp3) is 0.412. The van der Waals surface area contributed by atoms with Gasteiger partial charge in [-0.25, -0.2) is 0 Å². The normalized spacial score (nSPS) is 15.5. The van der Waals surface area contributed by atoms with Crippen molar-refractivity contribution in [2.75, 3.05) is 44.2 Å². The van der Waals surface area contributed by atoms with Crippen LogP contribution in [0, 0.1) is 6.92 Å². The average Bonchev–Trinajstić information content (AvgIpc) is 2.59. The van der Waals surface area contributed by atoms with E-state index in [4.69, 9.17) is 27.9 Å². The third-order valence-corrected chi connectivity index (χ3v) is 4.63. The van der Waals surface area contributed by atoms with Gasteiger partial charge in [0.1, 0.15) is 12.4 Å². The highest BCUT2D eigenvalue weighted by Crippen LogP contribution is 2.26. The number of aryl methyl sites for hydroxylation is 1. The molecule has 24 heavy (non-hydrogen) atoms. The Morgan fingerprint density at radius 2 is 1.83 bits per heavy atom. The van der Waals surface area contributed by atoms with Crippen molar-refractivity contribution in [1.82, 2.24) is 15.1 Å². The summed E-state index contributed by atoms with van der Waals surface area (Å²) < 4.78 is 5.87. The van der Waals surface area contributed by atoms with Crippen LogP contribution in [0.25, 0.3) is 0 Å². The van der Waals surface area contributed by atoms with Gasteiger partial charge in [0.2, 0.25) is 0 Å². The first-order valence-electron chi connectivity index (χ1n) is 7.98. The predicted molar refractivity (Wildman–Crippen MR) is 97.4 cm³/mol. The van der Waals surface area contributed by atoms with E-state index >= 15 is 0 Å². The maximum atomic E-state index is 6.12. The summed E-state index contributed by atoms with van der Waals surface area (Å²) in [6, 6.07) is 9.86. The van der Waals surface area contributed by atoms with Crippen LogP contribution >= 0.6 is 23.2 Å². The first-order valence-corrected chi connectivity index (χ1v) is 8.73. The third-order valence-electron chi connectivity index (χ3n) is 4.17. The van der Waals surface area contributed by atoms with Crippen molar-refractivity contribution in [3.63, 3.8) is 0 Å². The van der Waals surface area contributed by atoms with E-state index in [1.165, 1.54) is 5.56 Å². The Hall–Kier alpha value is -1.56. The Bertz CT molecular complexity index is 690. The number of halogens is 2. The molecular formula is C17H20Cl2N4O. The minimum atomic E-state index is 0.364. The molecule has 0 radical (unpaired) electrons. The van der Waals surface area contributed by atoms with Crippen LogP contribution in [-0.4, -0.2) is 54.4 Å². The molecule has 128 valence electrons. The number of ether oxygens (including phenoxy) is 1. The van der Waals surface area contributed by atoms with Gasteiger partial charge >= 0.3 is 0 Å². The van der Waals surface area contributed by atoms with Gasteiger partial charge < -0.3 is 9.64 Å². The molecule has 0 bridgehead atoms. The highest BCUT2D eigenvalue weighted by molar-refractivity contribution is 6.33. The summed E-state index contributed by atoms with van der Waals surface area (Å²) in [5, 5.41) is 8.39. The molecule has 2 heterocycles. The lowest BCUT2D eigenvalue weighted by molar-refractivity contribution is 0.200. The molecule has 2 aromatic rings. The molecule has 0 unspecified atom stereocenters. The molecule has 1 aromatic carbocycles. The predicted octanol–water partition coefficient (Wildman–Crippen LogP) is 3.29. The van der Waals surface area contributed by atoms with Crippen LogP contribution in [0.5, 0.6) is 5.75 Å². The largest absolute Gasteiger partial charge is 0.492 e. The molecule has 7 heteroatoms. The van der Waals surface area contributed by atoms with Crippen molar-refractivity contribution in [1.29, 1.82) is 0 Å². The minimum absolute atomic E-state index is 0.364. The molecule has 5 nitrogen and oxygen atoms in total. The van der Waals surface area contributed by atoms with Gasteiger partial charge in [-0.2, -0.15) is 0 Å². The van der Waals surface area contributed by atoms with Crippen LogP contribution < -0.4 is 9.64 Å². The van der Waals surface area contributed by atoms with Crippen LogP contribution in [0.15, 0.2) is 30.3 Å². The Labute approximate surface area is 152 Å². The van der Waals surface area contributed by atoms with Crippen molar-refractivity contribution < 1.29 is 4.74 Å². The monoisotopic (exact) mass is 366 g/mol. The molecular weight excluding hydrogens is 347 g/mol. The van der Waals surface area contributed by atoms with Crippen LogP contribution in [0.2, 0.25) is 10.3 Å². The number of hydrogen-bond donors (Lipinski definition) is 0. The summed E-state index contributed by atoms with van der Waals surface area (Å²) >= 11 is 12.0.